The molecule has 0 amide bonds. The second-order valence-corrected chi connectivity index (χ2v) is 9.28. The number of piperidine rings is 1. The van der Waals surface area contributed by atoms with Gasteiger partial charge in [-0.05, 0) is 40.2 Å². The molecule has 0 bridgehead atoms. The molecule has 1 saturated heterocycles. The van der Waals surface area contributed by atoms with Gasteiger partial charge in [0.2, 0.25) is 0 Å². The molecular weight excluding hydrogens is 302 g/mol. The third-order valence-corrected chi connectivity index (χ3v) is 6.84. The van der Waals surface area contributed by atoms with E-state index in [1.54, 1.807) is 20.8 Å². The summed E-state index contributed by atoms with van der Waals surface area (Å²) >= 11 is 3.52. The van der Waals surface area contributed by atoms with E-state index in [1.165, 1.54) is 19.3 Å². The second-order valence-electron chi connectivity index (χ2n) is 5.77. The zero-order valence-corrected chi connectivity index (χ0v) is 13.5. The van der Waals surface area contributed by atoms with E-state index < -0.39 is 14.6 Å². The van der Waals surface area contributed by atoms with Gasteiger partial charge in [0.25, 0.3) is 0 Å². The van der Waals surface area contributed by atoms with E-state index in [2.05, 4.69) is 20.8 Å². The lowest BCUT2D eigenvalue weighted by Gasteiger charge is -2.35. The number of hydrogen-bond donors (Lipinski definition) is 0. The van der Waals surface area contributed by atoms with E-state index in [1.807, 2.05) is 0 Å². The Labute approximate surface area is 114 Å². The number of sulfone groups is 1. The van der Waals surface area contributed by atoms with E-state index in [0.717, 1.165) is 11.9 Å². The molecule has 1 atom stereocenters. The van der Waals surface area contributed by atoms with Crippen LogP contribution in [0.1, 0.15) is 40.0 Å². The molecule has 0 saturated carbocycles. The van der Waals surface area contributed by atoms with Crippen LogP contribution in [0.15, 0.2) is 0 Å². The highest BCUT2D eigenvalue weighted by molar-refractivity contribution is 9.09. The van der Waals surface area contributed by atoms with E-state index in [0.29, 0.717) is 12.6 Å². The van der Waals surface area contributed by atoms with Crippen LogP contribution >= 0.6 is 15.9 Å². The van der Waals surface area contributed by atoms with Crippen LogP contribution in [0, 0.1) is 0 Å². The van der Waals surface area contributed by atoms with Gasteiger partial charge in [0.1, 0.15) is 0 Å². The highest BCUT2D eigenvalue weighted by atomic mass is 79.9. The van der Waals surface area contributed by atoms with Gasteiger partial charge in [-0.25, -0.2) is 8.42 Å². The second kappa shape index (κ2) is 6.02. The maximum Gasteiger partial charge on any atom is 0.156 e. The smallest absolute Gasteiger partial charge is 0.156 e. The Balaban J connectivity index is 2.55. The van der Waals surface area contributed by atoms with Gasteiger partial charge in [0.15, 0.2) is 9.84 Å². The predicted molar refractivity (Wildman–Crippen MR) is 76.5 cm³/mol. The normalized spacial score (nSPS) is 23.9. The minimum absolute atomic E-state index is 0.278. The van der Waals surface area contributed by atoms with Crippen LogP contribution in [0.25, 0.3) is 0 Å². The van der Waals surface area contributed by atoms with E-state index in [9.17, 15) is 8.42 Å². The van der Waals surface area contributed by atoms with E-state index >= 15 is 0 Å². The lowest BCUT2D eigenvalue weighted by molar-refractivity contribution is 0.174. The first-order chi connectivity index (χ1) is 7.78. The summed E-state index contributed by atoms with van der Waals surface area (Å²) < 4.78 is 23.5. The number of alkyl halides is 1. The van der Waals surface area contributed by atoms with Gasteiger partial charge in [-0.15, -0.1) is 0 Å². The van der Waals surface area contributed by atoms with Crippen molar-refractivity contribution in [2.24, 2.45) is 0 Å². The molecule has 17 heavy (non-hydrogen) atoms. The molecule has 0 radical (unpaired) electrons. The number of hydrogen-bond acceptors (Lipinski definition) is 3. The Kier molecular flexibility index (Phi) is 5.47. The van der Waals surface area contributed by atoms with Gasteiger partial charge < -0.3 is 0 Å². The average molecular weight is 326 g/mol. The van der Waals surface area contributed by atoms with Crippen molar-refractivity contribution in [3.05, 3.63) is 0 Å². The number of rotatable bonds is 4. The van der Waals surface area contributed by atoms with Crippen LogP contribution in [0.2, 0.25) is 0 Å². The molecule has 0 spiro atoms. The Bertz CT molecular complexity index is 335. The topological polar surface area (TPSA) is 37.4 Å². The van der Waals surface area contributed by atoms with Crippen LogP contribution in [0.4, 0.5) is 0 Å². The van der Waals surface area contributed by atoms with Crippen molar-refractivity contribution in [1.82, 2.24) is 4.90 Å². The fourth-order valence-electron chi connectivity index (χ4n) is 2.07. The molecule has 102 valence electrons. The zero-order valence-electron chi connectivity index (χ0n) is 11.1. The Hall–Kier alpha value is 0.390. The highest BCUT2D eigenvalue weighted by Gasteiger charge is 2.30. The van der Waals surface area contributed by atoms with Gasteiger partial charge in [-0.1, -0.05) is 22.4 Å². The van der Waals surface area contributed by atoms with Crippen molar-refractivity contribution in [2.75, 3.05) is 24.2 Å². The summed E-state index contributed by atoms with van der Waals surface area (Å²) in [6.45, 7) is 7.05. The quantitative estimate of drug-likeness (QED) is 0.745. The molecule has 1 aliphatic heterocycles. The lowest BCUT2D eigenvalue weighted by atomic mass is 10.0. The molecule has 0 aromatic carbocycles. The third-order valence-electron chi connectivity index (χ3n) is 3.51. The average Bonchev–Trinajstić information content (AvgIpc) is 2.25. The largest absolute Gasteiger partial charge is 0.299 e. The van der Waals surface area contributed by atoms with E-state index in [-0.39, 0.29) is 5.75 Å². The molecular formula is C12H24BrNO2S. The van der Waals surface area contributed by atoms with Crippen LogP contribution in [-0.4, -0.2) is 48.3 Å². The van der Waals surface area contributed by atoms with Gasteiger partial charge in [-0.2, -0.15) is 0 Å². The van der Waals surface area contributed by atoms with Crippen molar-refractivity contribution in [3.63, 3.8) is 0 Å². The standard InChI is InChI=1S/C12H24BrNO2S/c1-12(2,3)17(15,16)9-8-14-7-5-4-6-11(14)10-13/h11H,4-10H2,1-3H3. The van der Waals surface area contributed by atoms with E-state index in [4.69, 9.17) is 0 Å². The van der Waals surface area contributed by atoms with Crippen LogP contribution in [0.5, 0.6) is 0 Å². The maximum absolute atomic E-state index is 12.1. The molecule has 1 aliphatic rings. The SMILES string of the molecule is CC(C)(C)S(=O)(=O)CCN1CCCCC1CBr. The fourth-order valence-corrected chi connectivity index (χ4v) is 3.89. The molecule has 1 heterocycles. The van der Waals surface area contributed by atoms with Crippen molar-refractivity contribution >= 4 is 25.8 Å². The lowest BCUT2D eigenvalue weighted by Crippen LogP contribution is -2.44. The van der Waals surface area contributed by atoms with Crippen LogP contribution in [-0.2, 0) is 9.84 Å². The first-order valence-corrected chi connectivity index (χ1v) is 9.07. The number of likely N-dealkylation sites (tertiary alicyclic amines) is 1. The van der Waals surface area contributed by atoms with Crippen molar-refractivity contribution in [1.29, 1.82) is 0 Å². The summed E-state index contributed by atoms with van der Waals surface area (Å²) in [5.41, 5.74) is 0. The van der Waals surface area contributed by atoms with Gasteiger partial charge in [-0.3, -0.25) is 4.90 Å². The van der Waals surface area contributed by atoms with Crippen LogP contribution in [0.3, 0.4) is 0 Å². The molecule has 1 rings (SSSR count). The molecule has 0 aliphatic carbocycles. The van der Waals surface area contributed by atoms with Gasteiger partial charge >= 0.3 is 0 Å². The van der Waals surface area contributed by atoms with Gasteiger partial charge in [0.05, 0.1) is 10.5 Å². The maximum atomic E-state index is 12.1. The van der Waals surface area contributed by atoms with Crippen molar-refractivity contribution < 1.29 is 8.42 Å². The Morgan fingerprint density at radius 3 is 2.47 bits per heavy atom. The number of halogens is 1. The minimum Gasteiger partial charge on any atom is -0.299 e. The predicted octanol–water partition coefficient (Wildman–Crippen LogP) is 2.45. The first-order valence-electron chi connectivity index (χ1n) is 6.30. The summed E-state index contributed by atoms with van der Waals surface area (Å²) in [5, 5.41) is 0.947. The molecule has 0 aromatic rings. The zero-order chi connectivity index (χ0) is 13.1. The summed E-state index contributed by atoms with van der Waals surface area (Å²) in [6, 6.07) is 0.513. The van der Waals surface area contributed by atoms with Crippen LogP contribution < -0.4 is 0 Å². The summed E-state index contributed by atoms with van der Waals surface area (Å²) in [4.78, 5) is 2.32. The Morgan fingerprint density at radius 1 is 1.29 bits per heavy atom. The summed E-state index contributed by atoms with van der Waals surface area (Å²) in [6.07, 6.45) is 3.64. The molecule has 3 nitrogen and oxygen atoms in total. The summed E-state index contributed by atoms with van der Waals surface area (Å²) in [7, 11) is -2.99. The molecule has 5 heteroatoms. The highest BCUT2D eigenvalue weighted by Crippen LogP contribution is 2.20. The van der Waals surface area contributed by atoms with Crippen molar-refractivity contribution in [2.45, 2.75) is 50.8 Å². The molecule has 0 aromatic heterocycles. The monoisotopic (exact) mass is 325 g/mol. The third kappa shape index (κ3) is 4.21. The molecule has 0 N–H and O–H groups in total. The molecule has 1 fully saturated rings. The number of nitrogens with zero attached hydrogens (tertiary/aromatic N) is 1. The Morgan fingerprint density at radius 2 is 1.94 bits per heavy atom. The fraction of sp³-hybridized carbons (Fsp3) is 1.00. The van der Waals surface area contributed by atoms with Crippen molar-refractivity contribution in [3.8, 4) is 0 Å². The first kappa shape index (κ1) is 15.4. The minimum atomic E-state index is -2.99. The molecule has 1 unspecified atom stereocenters. The van der Waals surface area contributed by atoms with Gasteiger partial charge in [0, 0.05) is 17.9 Å². The summed E-state index contributed by atoms with van der Waals surface area (Å²) in [5.74, 6) is 0.278.